The minimum atomic E-state index is -4.41. The zero-order valence-corrected chi connectivity index (χ0v) is 9.14. The average molecular weight is 258 g/mol. The van der Waals surface area contributed by atoms with Gasteiger partial charge < -0.3 is 34.9 Å². The van der Waals surface area contributed by atoms with Gasteiger partial charge in [-0.05, 0) is 0 Å². The van der Waals surface area contributed by atoms with Gasteiger partial charge in [-0.25, -0.2) is 0 Å². The molecule has 1 rings (SSSR count). The first-order chi connectivity index (χ1) is 7.26. The molecule has 0 aromatic carbocycles. The summed E-state index contributed by atoms with van der Waals surface area (Å²) in [7, 11) is -4.41. The van der Waals surface area contributed by atoms with Gasteiger partial charge in [0.25, 0.3) is 0 Å². The second kappa shape index (κ2) is 5.07. The fraction of sp³-hybridized carbons (Fsp3) is 1.00. The predicted molar refractivity (Wildman–Crippen MR) is 50.7 cm³/mol. The van der Waals surface area contributed by atoms with Gasteiger partial charge >= 0.3 is 7.60 Å². The van der Waals surface area contributed by atoms with E-state index in [1.807, 2.05) is 0 Å². The Morgan fingerprint density at radius 1 is 1.00 bits per heavy atom. The maximum Gasteiger partial charge on any atom is 0.328 e. The van der Waals surface area contributed by atoms with Crippen LogP contribution in [0, 0.1) is 0 Å². The monoisotopic (exact) mass is 258 g/mol. The van der Waals surface area contributed by atoms with E-state index >= 15 is 0 Å². The summed E-state index contributed by atoms with van der Waals surface area (Å²) >= 11 is 0. The van der Waals surface area contributed by atoms with Crippen molar-refractivity contribution in [2.45, 2.75) is 30.5 Å². The summed E-state index contributed by atoms with van der Waals surface area (Å²) in [5.41, 5.74) is 0. The molecule has 1 unspecified atom stereocenters. The Bertz CT molecular complexity index is 276. The van der Waals surface area contributed by atoms with Gasteiger partial charge in [-0.1, -0.05) is 0 Å². The quantitative estimate of drug-likeness (QED) is 0.293. The van der Waals surface area contributed by atoms with E-state index in [2.05, 4.69) is 0 Å². The van der Waals surface area contributed by atoms with Crippen LogP contribution in [-0.4, -0.2) is 73.5 Å². The van der Waals surface area contributed by atoms with Crippen molar-refractivity contribution in [1.29, 1.82) is 0 Å². The number of rotatable bonds is 3. The smallest absolute Gasteiger partial charge is 0.328 e. The van der Waals surface area contributed by atoms with E-state index in [1.165, 1.54) is 0 Å². The maximum absolute atomic E-state index is 10.7. The Labute approximate surface area is 91.3 Å². The summed E-state index contributed by atoms with van der Waals surface area (Å²) < 4.78 is 15.6. The first kappa shape index (κ1) is 14.0. The molecule has 1 heterocycles. The summed E-state index contributed by atoms with van der Waals surface area (Å²) in [6, 6.07) is 0. The molecule has 0 amide bonds. The second-order valence-corrected chi connectivity index (χ2v) is 5.41. The lowest BCUT2D eigenvalue weighted by molar-refractivity contribution is -0.223. The standard InChI is InChI=1S/C7H15O8P/c8-1-3-5(9)7(11)6(10)4(15-3)2-16(12,13)14/h3-11H,1-2H2,(H2,12,13,14)/t3-,4?,5-,6+,7+/m1/s1. The largest absolute Gasteiger partial charge is 0.394 e. The maximum atomic E-state index is 10.7. The molecule has 96 valence electrons. The van der Waals surface area contributed by atoms with Crippen LogP contribution in [0.4, 0.5) is 0 Å². The molecule has 1 fully saturated rings. The van der Waals surface area contributed by atoms with E-state index in [-0.39, 0.29) is 0 Å². The molecule has 0 aromatic heterocycles. The van der Waals surface area contributed by atoms with E-state index in [0.29, 0.717) is 0 Å². The highest BCUT2D eigenvalue weighted by Crippen LogP contribution is 2.38. The van der Waals surface area contributed by atoms with Crippen molar-refractivity contribution in [3.8, 4) is 0 Å². The lowest BCUT2D eigenvalue weighted by Gasteiger charge is -2.40. The van der Waals surface area contributed by atoms with Gasteiger partial charge in [-0.3, -0.25) is 4.57 Å². The van der Waals surface area contributed by atoms with Gasteiger partial charge in [0.05, 0.1) is 18.9 Å². The minimum absolute atomic E-state index is 0.622. The predicted octanol–water partition coefficient (Wildman–Crippen LogP) is -2.99. The number of hydrogen-bond acceptors (Lipinski definition) is 6. The molecule has 0 aromatic rings. The topological polar surface area (TPSA) is 148 Å². The first-order valence-electron chi connectivity index (χ1n) is 4.61. The molecule has 6 N–H and O–H groups in total. The van der Waals surface area contributed by atoms with E-state index in [0.717, 1.165) is 0 Å². The number of ether oxygens (including phenoxy) is 1. The molecule has 8 nitrogen and oxygen atoms in total. The van der Waals surface area contributed by atoms with E-state index < -0.39 is 50.9 Å². The van der Waals surface area contributed by atoms with Crippen molar-refractivity contribution in [2.75, 3.05) is 12.8 Å². The van der Waals surface area contributed by atoms with Crippen LogP contribution >= 0.6 is 7.60 Å². The van der Waals surface area contributed by atoms with Crippen LogP contribution in [0.1, 0.15) is 0 Å². The Hall–Kier alpha value is -0.0500. The Kier molecular flexibility index (Phi) is 4.44. The molecule has 0 aliphatic carbocycles. The second-order valence-electron chi connectivity index (χ2n) is 3.71. The Balaban J connectivity index is 2.75. The fourth-order valence-corrected chi connectivity index (χ4v) is 2.33. The normalized spacial score (nSPS) is 41.0. The summed E-state index contributed by atoms with van der Waals surface area (Å²) in [5.74, 6) is 0. The third kappa shape index (κ3) is 3.22. The molecule has 0 saturated carbocycles. The number of aliphatic hydroxyl groups excluding tert-OH is 4. The lowest BCUT2D eigenvalue weighted by atomic mass is 9.96. The highest BCUT2D eigenvalue weighted by atomic mass is 31.2. The van der Waals surface area contributed by atoms with Crippen molar-refractivity contribution in [1.82, 2.24) is 0 Å². The fourth-order valence-electron chi connectivity index (χ4n) is 1.56. The molecule has 1 saturated heterocycles. The van der Waals surface area contributed by atoms with Crippen molar-refractivity contribution in [3.63, 3.8) is 0 Å². The van der Waals surface area contributed by atoms with Crippen LogP contribution in [0.5, 0.6) is 0 Å². The molecule has 0 bridgehead atoms. The molecular formula is C7H15O8P. The van der Waals surface area contributed by atoms with E-state index in [4.69, 9.17) is 19.6 Å². The molecule has 1 aliphatic rings. The van der Waals surface area contributed by atoms with Crippen LogP contribution < -0.4 is 0 Å². The summed E-state index contributed by atoms with van der Waals surface area (Å²) in [4.78, 5) is 17.4. The molecule has 16 heavy (non-hydrogen) atoms. The number of hydrogen-bond donors (Lipinski definition) is 6. The van der Waals surface area contributed by atoms with Gasteiger partial charge in [0.1, 0.15) is 24.4 Å². The molecule has 0 spiro atoms. The van der Waals surface area contributed by atoms with Gasteiger partial charge in [0.2, 0.25) is 0 Å². The highest BCUT2D eigenvalue weighted by Gasteiger charge is 2.45. The summed E-state index contributed by atoms with van der Waals surface area (Å²) in [6.45, 7) is -0.622. The van der Waals surface area contributed by atoms with Crippen LogP contribution in [0.3, 0.4) is 0 Å². The van der Waals surface area contributed by atoms with Crippen molar-refractivity contribution in [2.24, 2.45) is 0 Å². The highest BCUT2D eigenvalue weighted by molar-refractivity contribution is 7.51. The van der Waals surface area contributed by atoms with E-state index in [1.54, 1.807) is 0 Å². The molecule has 5 atom stereocenters. The van der Waals surface area contributed by atoms with Crippen molar-refractivity contribution in [3.05, 3.63) is 0 Å². The van der Waals surface area contributed by atoms with Gasteiger partial charge in [-0.2, -0.15) is 0 Å². The number of aliphatic hydroxyl groups is 4. The van der Waals surface area contributed by atoms with Gasteiger partial charge in [0, 0.05) is 0 Å². The third-order valence-corrected chi connectivity index (χ3v) is 3.24. The van der Waals surface area contributed by atoms with Crippen LogP contribution in [0.25, 0.3) is 0 Å². The third-order valence-electron chi connectivity index (χ3n) is 2.41. The molecule has 0 radical (unpaired) electrons. The Morgan fingerprint density at radius 2 is 1.50 bits per heavy atom. The van der Waals surface area contributed by atoms with E-state index in [9.17, 15) is 19.9 Å². The van der Waals surface area contributed by atoms with Crippen LogP contribution in [0.15, 0.2) is 0 Å². The molecular weight excluding hydrogens is 243 g/mol. The van der Waals surface area contributed by atoms with Gasteiger partial charge in [-0.15, -0.1) is 0 Å². The zero-order valence-electron chi connectivity index (χ0n) is 8.25. The van der Waals surface area contributed by atoms with Gasteiger partial charge in [0.15, 0.2) is 0 Å². The first-order valence-corrected chi connectivity index (χ1v) is 6.41. The molecule has 9 heteroatoms. The average Bonchev–Trinajstić information content (AvgIpc) is 2.17. The summed E-state index contributed by atoms with van der Waals surface area (Å²) in [6.07, 6.45) is -7.98. The Morgan fingerprint density at radius 3 is 1.94 bits per heavy atom. The summed E-state index contributed by atoms with van der Waals surface area (Å²) in [5, 5.41) is 36.9. The van der Waals surface area contributed by atoms with Crippen LogP contribution in [-0.2, 0) is 9.30 Å². The SMILES string of the molecule is O=P(O)(O)CC1O[C@H](CO)[C@@H](O)[C@H](O)[C@H]1O. The van der Waals surface area contributed by atoms with Crippen molar-refractivity contribution >= 4 is 7.60 Å². The zero-order chi connectivity index (χ0) is 12.5. The van der Waals surface area contributed by atoms with Crippen LogP contribution in [0.2, 0.25) is 0 Å². The van der Waals surface area contributed by atoms with Crippen molar-refractivity contribution < 1.29 is 39.5 Å². The minimum Gasteiger partial charge on any atom is -0.394 e. The molecule has 1 aliphatic heterocycles. The lowest BCUT2D eigenvalue weighted by Crippen LogP contribution is -2.59.